The molecule has 6 nitrogen and oxygen atoms in total. The van der Waals surface area contributed by atoms with Crippen LogP contribution in [0.4, 0.5) is 0 Å². The van der Waals surface area contributed by atoms with Crippen LogP contribution in [-0.4, -0.2) is 33.6 Å². The van der Waals surface area contributed by atoms with E-state index in [1.807, 2.05) is 13.8 Å². The SMILES string of the molecule is CCC(N)(CC)CNS(=O)(=O)c1cccc(C(=O)OC)c1. The van der Waals surface area contributed by atoms with Crippen molar-refractivity contribution in [2.45, 2.75) is 37.1 Å². The van der Waals surface area contributed by atoms with Crippen LogP contribution in [0, 0.1) is 0 Å². The van der Waals surface area contributed by atoms with E-state index in [9.17, 15) is 13.2 Å². The molecule has 0 saturated heterocycles. The van der Waals surface area contributed by atoms with Crippen LogP contribution in [0.5, 0.6) is 0 Å². The first kappa shape index (κ1) is 17.6. The second kappa shape index (κ2) is 7.02. The molecule has 0 unspecified atom stereocenters. The lowest BCUT2D eigenvalue weighted by molar-refractivity contribution is 0.0600. The predicted molar refractivity (Wildman–Crippen MR) is 80.5 cm³/mol. The monoisotopic (exact) mass is 314 g/mol. The Bertz CT molecular complexity index is 595. The third-order valence-corrected chi connectivity index (χ3v) is 4.99. The highest BCUT2D eigenvalue weighted by Gasteiger charge is 2.24. The van der Waals surface area contributed by atoms with E-state index in [-0.39, 0.29) is 17.0 Å². The molecule has 0 spiro atoms. The van der Waals surface area contributed by atoms with E-state index in [2.05, 4.69) is 9.46 Å². The van der Waals surface area contributed by atoms with Gasteiger partial charge in [-0.2, -0.15) is 0 Å². The summed E-state index contributed by atoms with van der Waals surface area (Å²) in [5.74, 6) is -0.581. The highest BCUT2D eigenvalue weighted by atomic mass is 32.2. The van der Waals surface area contributed by atoms with Gasteiger partial charge in [0.05, 0.1) is 17.6 Å². The Hall–Kier alpha value is -1.44. The van der Waals surface area contributed by atoms with Crippen LogP contribution in [0.1, 0.15) is 37.0 Å². The Balaban J connectivity index is 2.96. The third kappa shape index (κ3) is 4.52. The number of carbonyl (C=O) groups excluding carboxylic acids is 1. The van der Waals surface area contributed by atoms with Crippen LogP contribution in [-0.2, 0) is 14.8 Å². The van der Waals surface area contributed by atoms with Crippen molar-refractivity contribution in [1.29, 1.82) is 0 Å². The Morgan fingerprint density at radius 3 is 2.48 bits per heavy atom. The zero-order valence-electron chi connectivity index (χ0n) is 12.5. The maximum atomic E-state index is 12.3. The highest BCUT2D eigenvalue weighted by Crippen LogP contribution is 2.15. The van der Waals surface area contributed by atoms with E-state index in [1.54, 1.807) is 0 Å². The Morgan fingerprint density at radius 2 is 1.95 bits per heavy atom. The van der Waals surface area contributed by atoms with E-state index < -0.39 is 21.5 Å². The molecule has 1 aromatic carbocycles. The molecule has 1 aromatic rings. The Kier molecular flexibility index (Phi) is 5.88. The first-order valence-electron chi connectivity index (χ1n) is 6.75. The van der Waals surface area contributed by atoms with Crippen LogP contribution in [0.3, 0.4) is 0 Å². The first-order chi connectivity index (χ1) is 9.78. The third-order valence-electron chi connectivity index (χ3n) is 3.59. The number of nitrogens with one attached hydrogen (secondary N) is 1. The summed E-state index contributed by atoms with van der Waals surface area (Å²) in [7, 11) is -2.47. The van der Waals surface area contributed by atoms with Crippen LogP contribution in [0.15, 0.2) is 29.2 Å². The van der Waals surface area contributed by atoms with Gasteiger partial charge >= 0.3 is 5.97 Å². The van der Waals surface area contributed by atoms with Gasteiger partial charge in [-0.3, -0.25) is 0 Å². The van der Waals surface area contributed by atoms with E-state index in [4.69, 9.17) is 5.73 Å². The molecule has 118 valence electrons. The summed E-state index contributed by atoms with van der Waals surface area (Å²) in [6.07, 6.45) is 1.32. The molecule has 0 heterocycles. The topological polar surface area (TPSA) is 98.5 Å². The summed E-state index contributed by atoms with van der Waals surface area (Å²) in [5.41, 5.74) is 5.69. The number of carbonyl (C=O) groups is 1. The normalized spacial score (nSPS) is 12.2. The number of nitrogens with two attached hydrogens (primary N) is 1. The molecule has 0 bridgehead atoms. The van der Waals surface area contributed by atoms with Gasteiger partial charge in [0.15, 0.2) is 0 Å². The van der Waals surface area contributed by atoms with Gasteiger partial charge in [0.2, 0.25) is 10.0 Å². The molecule has 0 saturated carbocycles. The molecule has 0 aliphatic rings. The number of benzene rings is 1. The van der Waals surface area contributed by atoms with Gasteiger partial charge in [-0.15, -0.1) is 0 Å². The number of hydrogen-bond acceptors (Lipinski definition) is 5. The van der Waals surface area contributed by atoms with Crippen LogP contribution in [0.25, 0.3) is 0 Å². The van der Waals surface area contributed by atoms with Crippen molar-refractivity contribution >= 4 is 16.0 Å². The minimum absolute atomic E-state index is 0.0138. The summed E-state index contributed by atoms with van der Waals surface area (Å²) in [5, 5.41) is 0. The number of ether oxygens (including phenoxy) is 1. The number of methoxy groups -OCH3 is 1. The van der Waals surface area contributed by atoms with Gasteiger partial charge in [-0.05, 0) is 31.0 Å². The van der Waals surface area contributed by atoms with Crippen molar-refractivity contribution in [2.75, 3.05) is 13.7 Å². The molecular formula is C14H22N2O4S. The second-order valence-corrected chi connectivity index (χ2v) is 6.68. The summed E-state index contributed by atoms with van der Waals surface area (Å²) < 4.78 is 31.6. The molecule has 0 amide bonds. The van der Waals surface area contributed by atoms with E-state index >= 15 is 0 Å². The standard InChI is InChI=1S/C14H22N2O4S/c1-4-14(15,5-2)10-16-21(18,19)12-8-6-7-11(9-12)13(17)20-3/h6-9,16H,4-5,10,15H2,1-3H3. The molecule has 0 radical (unpaired) electrons. The lowest BCUT2D eigenvalue weighted by Gasteiger charge is -2.26. The lowest BCUT2D eigenvalue weighted by Crippen LogP contribution is -2.49. The molecule has 21 heavy (non-hydrogen) atoms. The van der Waals surface area contributed by atoms with Crippen molar-refractivity contribution in [1.82, 2.24) is 4.72 Å². The van der Waals surface area contributed by atoms with Gasteiger partial charge in [0, 0.05) is 12.1 Å². The zero-order chi connectivity index (χ0) is 16.1. The van der Waals surface area contributed by atoms with Crippen molar-refractivity contribution in [3.05, 3.63) is 29.8 Å². The number of esters is 1. The fraction of sp³-hybridized carbons (Fsp3) is 0.500. The quantitative estimate of drug-likeness (QED) is 0.738. The summed E-state index contributed by atoms with van der Waals surface area (Å²) in [4.78, 5) is 11.5. The maximum Gasteiger partial charge on any atom is 0.337 e. The van der Waals surface area contributed by atoms with Gasteiger partial charge in [0.25, 0.3) is 0 Å². The number of rotatable bonds is 7. The molecule has 0 atom stereocenters. The van der Waals surface area contributed by atoms with E-state index in [0.29, 0.717) is 12.8 Å². The number of hydrogen-bond donors (Lipinski definition) is 2. The fourth-order valence-corrected chi connectivity index (χ4v) is 2.91. The largest absolute Gasteiger partial charge is 0.465 e. The molecule has 0 aliphatic heterocycles. The Morgan fingerprint density at radius 1 is 1.33 bits per heavy atom. The van der Waals surface area contributed by atoms with Crippen molar-refractivity contribution in [2.24, 2.45) is 5.73 Å². The summed E-state index contributed by atoms with van der Waals surface area (Å²) in [6, 6.07) is 5.70. The maximum absolute atomic E-state index is 12.3. The fourth-order valence-electron chi connectivity index (χ4n) is 1.73. The summed E-state index contributed by atoms with van der Waals surface area (Å²) >= 11 is 0. The first-order valence-corrected chi connectivity index (χ1v) is 8.23. The van der Waals surface area contributed by atoms with Crippen LogP contribution < -0.4 is 10.5 Å². The highest BCUT2D eigenvalue weighted by molar-refractivity contribution is 7.89. The molecule has 7 heteroatoms. The average Bonchev–Trinajstić information content (AvgIpc) is 2.52. The second-order valence-electron chi connectivity index (χ2n) is 4.91. The van der Waals surface area contributed by atoms with Gasteiger partial charge < -0.3 is 10.5 Å². The van der Waals surface area contributed by atoms with Crippen LogP contribution >= 0.6 is 0 Å². The minimum atomic E-state index is -3.72. The predicted octanol–water partition coefficient (Wildman–Crippen LogP) is 1.27. The van der Waals surface area contributed by atoms with Gasteiger partial charge in [-0.1, -0.05) is 19.9 Å². The lowest BCUT2D eigenvalue weighted by atomic mass is 9.95. The average molecular weight is 314 g/mol. The van der Waals surface area contributed by atoms with Gasteiger partial charge in [0.1, 0.15) is 0 Å². The summed E-state index contributed by atoms with van der Waals surface area (Å²) in [6.45, 7) is 3.97. The molecule has 0 fully saturated rings. The van der Waals surface area contributed by atoms with Gasteiger partial charge in [-0.25, -0.2) is 17.9 Å². The molecular weight excluding hydrogens is 292 g/mol. The van der Waals surface area contributed by atoms with E-state index in [1.165, 1.54) is 31.4 Å². The smallest absolute Gasteiger partial charge is 0.337 e. The molecule has 0 aromatic heterocycles. The van der Waals surface area contributed by atoms with Crippen molar-refractivity contribution < 1.29 is 17.9 Å². The number of sulfonamides is 1. The zero-order valence-corrected chi connectivity index (χ0v) is 13.4. The minimum Gasteiger partial charge on any atom is -0.465 e. The van der Waals surface area contributed by atoms with Crippen LogP contribution in [0.2, 0.25) is 0 Å². The molecule has 1 rings (SSSR count). The van der Waals surface area contributed by atoms with Crippen molar-refractivity contribution in [3.8, 4) is 0 Å². The van der Waals surface area contributed by atoms with E-state index in [0.717, 1.165) is 0 Å². The Labute approximate surface area is 125 Å². The molecule has 3 N–H and O–H groups in total. The van der Waals surface area contributed by atoms with Crippen molar-refractivity contribution in [3.63, 3.8) is 0 Å². The molecule has 0 aliphatic carbocycles.